The number of halogens is 2. The Labute approximate surface area is 140 Å². The fourth-order valence-electron chi connectivity index (χ4n) is 3.06. The zero-order valence-corrected chi connectivity index (χ0v) is 13.9. The molecule has 128 valence electrons. The number of benzene rings is 1. The molecule has 0 aliphatic heterocycles. The molecule has 1 atom stereocenters. The summed E-state index contributed by atoms with van der Waals surface area (Å²) in [6.07, 6.45) is 2.15. The topological polar surface area (TPSA) is 59.1 Å². The van der Waals surface area contributed by atoms with Crippen LogP contribution in [0.1, 0.15) is 43.9 Å². The Hall–Kier alpha value is -1.85. The lowest BCUT2D eigenvalue weighted by Gasteiger charge is -2.23. The van der Waals surface area contributed by atoms with Crippen LogP contribution < -0.4 is 5.73 Å². The third-order valence-corrected chi connectivity index (χ3v) is 4.56. The molecule has 1 aromatic carbocycles. The van der Waals surface area contributed by atoms with E-state index < -0.39 is 17.2 Å². The molecule has 3 nitrogen and oxygen atoms in total. The van der Waals surface area contributed by atoms with Crippen molar-refractivity contribution in [2.24, 2.45) is 11.7 Å². The van der Waals surface area contributed by atoms with Crippen LogP contribution >= 0.6 is 0 Å². The van der Waals surface area contributed by atoms with Crippen LogP contribution in [-0.2, 0) is 5.60 Å². The molecule has 0 spiro atoms. The Morgan fingerprint density at radius 2 is 2.00 bits per heavy atom. The van der Waals surface area contributed by atoms with Gasteiger partial charge in [-0.05, 0) is 50.8 Å². The number of hydrogen-bond donors (Lipinski definition) is 2. The molecule has 0 saturated heterocycles. The molecule has 3 N–H and O–H groups in total. The Balaban J connectivity index is 2.20. The molecule has 1 heterocycles. The normalized spacial score (nSPS) is 16.2. The van der Waals surface area contributed by atoms with Gasteiger partial charge >= 0.3 is 0 Å². The van der Waals surface area contributed by atoms with Crippen LogP contribution in [-0.4, -0.2) is 16.6 Å². The smallest absolute Gasteiger partial charge is 0.155 e. The van der Waals surface area contributed by atoms with Gasteiger partial charge in [0.1, 0.15) is 11.5 Å². The Morgan fingerprint density at radius 3 is 2.54 bits per heavy atom. The number of aliphatic hydroxyl groups is 1. The standard InChI is InChI=1S/C19H22F2N2O/c1-19(2,24)15-9-16(14(10-22)11-6-7-11)23-18(17(15)21)12-4-3-5-13(20)8-12/h3-5,8-9,11,14,24H,6-7,10,22H2,1-2H3. The average molecular weight is 332 g/mol. The molecule has 3 rings (SSSR count). The highest BCUT2D eigenvalue weighted by molar-refractivity contribution is 5.62. The number of nitrogens with two attached hydrogens (primary N) is 1. The quantitative estimate of drug-likeness (QED) is 0.877. The lowest BCUT2D eigenvalue weighted by Crippen LogP contribution is -2.22. The van der Waals surface area contributed by atoms with Gasteiger partial charge in [-0.15, -0.1) is 0 Å². The monoisotopic (exact) mass is 332 g/mol. The third-order valence-electron chi connectivity index (χ3n) is 4.56. The van der Waals surface area contributed by atoms with Gasteiger partial charge in [-0.1, -0.05) is 12.1 Å². The second-order valence-electron chi connectivity index (χ2n) is 7.01. The largest absolute Gasteiger partial charge is 0.386 e. The van der Waals surface area contributed by atoms with Crippen molar-refractivity contribution in [3.05, 3.63) is 53.2 Å². The fraction of sp³-hybridized carbons (Fsp3) is 0.421. The first-order valence-corrected chi connectivity index (χ1v) is 8.20. The van der Waals surface area contributed by atoms with Gasteiger partial charge in [-0.2, -0.15) is 0 Å². The van der Waals surface area contributed by atoms with E-state index in [1.54, 1.807) is 12.1 Å². The summed E-state index contributed by atoms with van der Waals surface area (Å²) >= 11 is 0. The molecule has 1 aromatic heterocycles. The van der Waals surface area contributed by atoms with Crippen molar-refractivity contribution in [2.75, 3.05) is 6.54 Å². The van der Waals surface area contributed by atoms with Crippen molar-refractivity contribution in [3.63, 3.8) is 0 Å². The maximum atomic E-state index is 15.0. The van der Waals surface area contributed by atoms with E-state index in [0.717, 1.165) is 12.8 Å². The second kappa shape index (κ2) is 6.22. The van der Waals surface area contributed by atoms with Crippen LogP contribution in [0, 0.1) is 17.6 Å². The SMILES string of the molecule is CC(C)(O)c1cc(C(CN)C2CC2)nc(-c2cccc(F)c2)c1F. The molecule has 0 radical (unpaired) electrons. The molecule has 0 amide bonds. The molecule has 5 heteroatoms. The minimum absolute atomic E-state index is 0.0269. The maximum absolute atomic E-state index is 15.0. The summed E-state index contributed by atoms with van der Waals surface area (Å²) in [4.78, 5) is 4.46. The highest BCUT2D eigenvalue weighted by atomic mass is 19.1. The van der Waals surface area contributed by atoms with E-state index in [-0.39, 0.29) is 17.2 Å². The van der Waals surface area contributed by atoms with Crippen molar-refractivity contribution in [1.29, 1.82) is 0 Å². The predicted octanol–water partition coefficient (Wildman–Crippen LogP) is 3.71. The minimum atomic E-state index is -1.37. The predicted molar refractivity (Wildman–Crippen MR) is 89.4 cm³/mol. The Kier molecular flexibility index (Phi) is 4.40. The Morgan fingerprint density at radius 1 is 1.29 bits per heavy atom. The lowest BCUT2D eigenvalue weighted by molar-refractivity contribution is 0.0743. The van der Waals surface area contributed by atoms with Gasteiger partial charge in [0.25, 0.3) is 0 Å². The van der Waals surface area contributed by atoms with Gasteiger partial charge in [0, 0.05) is 29.3 Å². The van der Waals surface area contributed by atoms with Crippen molar-refractivity contribution in [3.8, 4) is 11.3 Å². The summed E-state index contributed by atoms with van der Waals surface area (Å²) in [6, 6.07) is 7.28. The first-order valence-electron chi connectivity index (χ1n) is 8.20. The van der Waals surface area contributed by atoms with Crippen molar-refractivity contribution >= 4 is 0 Å². The summed E-state index contributed by atoms with van der Waals surface area (Å²) < 4.78 is 28.5. The van der Waals surface area contributed by atoms with Crippen LogP contribution in [0.3, 0.4) is 0 Å². The van der Waals surface area contributed by atoms with Gasteiger partial charge < -0.3 is 10.8 Å². The number of aromatic nitrogens is 1. The summed E-state index contributed by atoms with van der Waals surface area (Å²) in [5.41, 5.74) is 5.77. The first-order chi connectivity index (χ1) is 11.3. The van der Waals surface area contributed by atoms with E-state index in [2.05, 4.69) is 4.98 Å². The van der Waals surface area contributed by atoms with Gasteiger partial charge in [-0.3, -0.25) is 0 Å². The van der Waals surface area contributed by atoms with E-state index in [9.17, 15) is 13.9 Å². The highest BCUT2D eigenvalue weighted by Crippen LogP contribution is 2.43. The number of rotatable bonds is 5. The zero-order chi connectivity index (χ0) is 17.5. The fourth-order valence-corrected chi connectivity index (χ4v) is 3.06. The molecule has 1 saturated carbocycles. The van der Waals surface area contributed by atoms with Crippen molar-refractivity contribution < 1.29 is 13.9 Å². The molecule has 1 aliphatic rings. The molecule has 2 aromatic rings. The van der Waals surface area contributed by atoms with E-state index >= 15 is 0 Å². The maximum Gasteiger partial charge on any atom is 0.155 e. The molecule has 24 heavy (non-hydrogen) atoms. The summed E-state index contributed by atoms with van der Waals surface area (Å²) in [5, 5.41) is 10.4. The zero-order valence-electron chi connectivity index (χ0n) is 13.9. The first kappa shape index (κ1) is 17.0. The molecule has 1 fully saturated rings. The van der Waals surface area contributed by atoms with Crippen molar-refractivity contribution in [1.82, 2.24) is 4.98 Å². The van der Waals surface area contributed by atoms with Gasteiger partial charge in [0.15, 0.2) is 5.82 Å². The molecule has 1 unspecified atom stereocenters. The minimum Gasteiger partial charge on any atom is -0.386 e. The van der Waals surface area contributed by atoms with E-state index in [0.29, 0.717) is 23.7 Å². The molecular weight excluding hydrogens is 310 g/mol. The number of hydrogen-bond acceptors (Lipinski definition) is 3. The second-order valence-corrected chi connectivity index (χ2v) is 7.01. The van der Waals surface area contributed by atoms with Gasteiger partial charge in [0.05, 0.1) is 5.60 Å². The van der Waals surface area contributed by atoms with Crippen molar-refractivity contribution in [2.45, 2.75) is 38.2 Å². The summed E-state index contributed by atoms with van der Waals surface area (Å²) in [6.45, 7) is 3.47. The molecule has 1 aliphatic carbocycles. The van der Waals surface area contributed by atoms with Crippen LogP contribution in [0.4, 0.5) is 8.78 Å². The van der Waals surface area contributed by atoms with Crippen LogP contribution in [0.25, 0.3) is 11.3 Å². The third kappa shape index (κ3) is 3.32. The summed E-state index contributed by atoms with van der Waals surface area (Å²) in [7, 11) is 0. The lowest BCUT2D eigenvalue weighted by atomic mass is 9.91. The van der Waals surface area contributed by atoms with Gasteiger partial charge in [-0.25, -0.2) is 13.8 Å². The van der Waals surface area contributed by atoms with Crippen LogP contribution in [0.5, 0.6) is 0 Å². The Bertz CT molecular complexity index is 752. The van der Waals surface area contributed by atoms with Crippen LogP contribution in [0.15, 0.2) is 30.3 Å². The summed E-state index contributed by atoms with van der Waals surface area (Å²) in [5.74, 6) is -0.605. The number of pyridine rings is 1. The van der Waals surface area contributed by atoms with E-state index in [4.69, 9.17) is 5.73 Å². The van der Waals surface area contributed by atoms with Crippen LogP contribution in [0.2, 0.25) is 0 Å². The average Bonchev–Trinajstić information content (AvgIpc) is 3.33. The molecular formula is C19H22F2N2O. The van der Waals surface area contributed by atoms with E-state index in [1.165, 1.54) is 32.0 Å². The highest BCUT2D eigenvalue weighted by Gasteiger charge is 2.34. The number of nitrogens with zero attached hydrogens (tertiary/aromatic N) is 1. The molecule has 0 bridgehead atoms. The van der Waals surface area contributed by atoms with Gasteiger partial charge in [0.2, 0.25) is 0 Å². The van der Waals surface area contributed by atoms with E-state index in [1.807, 2.05) is 0 Å².